The molecule has 0 radical (unpaired) electrons. The molecular formula is C10H21N3O2S. The van der Waals surface area contributed by atoms with Gasteiger partial charge in [0.2, 0.25) is 10.0 Å². The molecule has 2 aliphatic heterocycles. The first-order chi connectivity index (χ1) is 7.54. The normalized spacial score (nSPS) is 31.6. The first-order valence-corrected chi connectivity index (χ1v) is 7.74. The Kier molecular flexibility index (Phi) is 3.84. The van der Waals surface area contributed by atoms with Crippen LogP contribution in [0.25, 0.3) is 0 Å². The Balaban J connectivity index is 1.71. The summed E-state index contributed by atoms with van der Waals surface area (Å²) in [7, 11) is -3.32. The molecule has 6 heteroatoms. The molecule has 2 rings (SSSR count). The summed E-state index contributed by atoms with van der Waals surface area (Å²) >= 11 is 0. The number of sulfonamides is 1. The Morgan fingerprint density at radius 1 is 1.31 bits per heavy atom. The van der Waals surface area contributed by atoms with E-state index in [1.807, 2.05) is 0 Å². The highest BCUT2D eigenvalue weighted by Gasteiger charge is 2.31. The minimum absolute atomic E-state index is 0.0396. The molecular weight excluding hydrogens is 226 g/mol. The standard InChI is InChI=1S/C10H21N3O2S/c11-16(14,15)7-4-12-9-3-6-13-5-1-2-10(13)8-9/h9-10,12H,1-8H2,(H2,11,14,15). The van der Waals surface area contributed by atoms with Gasteiger partial charge in [0.1, 0.15) is 0 Å². The molecule has 2 atom stereocenters. The maximum absolute atomic E-state index is 10.8. The second-order valence-corrected chi connectivity index (χ2v) is 6.61. The highest BCUT2D eigenvalue weighted by atomic mass is 32.2. The van der Waals surface area contributed by atoms with Crippen molar-refractivity contribution < 1.29 is 8.42 Å². The van der Waals surface area contributed by atoms with Crippen LogP contribution in [0.3, 0.4) is 0 Å². The maximum Gasteiger partial charge on any atom is 0.210 e. The highest BCUT2D eigenvalue weighted by molar-refractivity contribution is 7.89. The van der Waals surface area contributed by atoms with E-state index in [0.29, 0.717) is 12.6 Å². The fourth-order valence-corrected chi connectivity index (χ4v) is 3.22. The van der Waals surface area contributed by atoms with Crippen molar-refractivity contribution in [1.82, 2.24) is 10.2 Å². The largest absolute Gasteiger partial charge is 0.313 e. The van der Waals surface area contributed by atoms with Crippen molar-refractivity contribution in [2.75, 3.05) is 25.4 Å². The smallest absolute Gasteiger partial charge is 0.210 e. The summed E-state index contributed by atoms with van der Waals surface area (Å²) < 4.78 is 21.6. The van der Waals surface area contributed by atoms with Crippen molar-refractivity contribution in [2.24, 2.45) is 5.14 Å². The fourth-order valence-electron chi connectivity index (χ4n) is 2.82. The highest BCUT2D eigenvalue weighted by Crippen LogP contribution is 2.26. The molecule has 0 aliphatic carbocycles. The second kappa shape index (κ2) is 5.00. The summed E-state index contributed by atoms with van der Waals surface area (Å²) in [5, 5.41) is 8.27. The Hall–Kier alpha value is -0.170. The van der Waals surface area contributed by atoms with Crippen molar-refractivity contribution in [3.63, 3.8) is 0 Å². The average molecular weight is 247 g/mol. The van der Waals surface area contributed by atoms with E-state index in [-0.39, 0.29) is 5.75 Å². The molecule has 0 aromatic carbocycles. The van der Waals surface area contributed by atoms with Crippen molar-refractivity contribution >= 4 is 10.0 Å². The van der Waals surface area contributed by atoms with E-state index in [2.05, 4.69) is 10.2 Å². The van der Waals surface area contributed by atoms with Gasteiger partial charge in [0.25, 0.3) is 0 Å². The van der Waals surface area contributed by atoms with Gasteiger partial charge < -0.3 is 10.2 Å². The third kappa shape index (κ3) is 3.41. The van der Waals surface area contributed by atoms with Gasteiger partial charge in [0.15, 0.2) is 0 Å². The summed E-state index contributed by atoms with van der Waals surface area (Å²) in [6.45, 7) is 2.88. The Morgan fingerprint density at radius 3 is 2.88 bits per heavy atom. The van der Waals surface area contributed by atoms with Crippen LogP contribution in [0.5, 0.6) is 0 Å². The van der Waals surface area contributed by atoms with Gasteiger partial charge >= 0.3 is 0 Å². The van der Waals surface area contributed by atoms with E-state index in [9.17, 15) is 8.42 Å². The van der Waals surface area contributed by atoms with Gasteiger partial charge in [-0.15, -0.1) is 0 Å². The number of hydrogen-bond acceptors (Lipinski definition) is 4. The summed E-state index contributed by atoms with van der Waals surface area (Å²) in [6.07, 6.45) is 4.90. The van der Waals surface area contributed by atoms with Crippen LogP contribution in [0.1, 0.15) is 25.7 Å². The summed E-state index contributed by atoms with van der Waals surface area (Å²) in [4.78, 5) is 2.55. The van der Waals surface area contributed by atoms with Crippen LogP contribution in [0, 0.1) is 0 Å². The zero-order valence-electron chi connectivity index (χ0n) is 9.56. The molecule has 0 bridgehead atoms. The Bertz CT molecular complexity index is 331. The molecule has 2 unspecified atom stereocenters. The fraction of sp³-hybridized carbons (Fsp3) is 1.00. The predicted octanol–water partition coefficient (Wildman–Crippen LogP) is -0.509. The number of hydrogen-bond donors (Lipinski definition) is 2. The molecule has 2 saturated heterocycles. The second-order valence-electron chi connectivity index (χ2n) is 4.87. The molecule has 94 valence electrons. The van der Waals surface area contributed by atoms with Gasteiger partial charge in [-0.3, -0.25) is 0 Å². The first-order valence-electron chi connectivity index (χ1n) is 6.02. The molecule has 0 saturated carbocycles. The minimum atomic E-state index is -3.32. The third-order valence-corrected chi connectivity index (χ3v) is 4.41. The van der Waals surface area contributed by atoms with E-state index in [1.165, 1.54) is 19.4 Å². The molecule has 0 spiro atoms. The van der Waals surface area contributed by atoms with Crippen molar-refractivity contribution in [2.45, 2.75) is 37.8 Å². The monoisotopic (exact) mass is 247 g/mol. The van der Waals surface area contributed by atoms with E-state index in [1.54, 1.807) is 0 Å². The molecule has 2 aliphatic rings. The van der Waals surface area contributed by atoms with Crippen LogP contribution < -0.4 is 10.5 Å². The van der Waals surface area contributed by atoms with Crippen LogP contribution >= 0.6 is 0 Å². The van der Waals surface area contributed by atoms with E-state index >= 15 is 0 Å². The SMILES string of the molecule is NS(=O)(=O)CCNC1CCN2CCCC2C1. The van der Waals surface area contributed by atoms with Gasteiger partial charge in [0, 0.05) is 18.6 Å². The Morgan fingerprint density at radius 2 is 2.12 bits per heavy atom. The predicted molar refractivity (Wildman–Crippen MR) is 63.6 cm³/mol. The molecule has 3 N–H and O–H groups in total. The van der Waals surface area contributed by atoms with Crippen LogP contribution in [-0.2, 0) is 10.0 Å². The van der Waals surface area contributed by atoms with Crippen LogP contribution in [0.4, 0.5) is 0 Å². The first kappa shape index (κ1) is 12.3. The van der Waals surface area contributed by atoms with E-state index in [4.69, 9.17) is 5.14 Å². The van der Waals surface area contributed by atoms with Gasteiger partial charge in [-0.25, -0.2) is 13.6 Å². The summed E-state index contributed by atoms with van der Waals surface area (Å²) in [5.74, 6) is 0.0396. The van der Waals surface area contributed by atoms with Crippen molar-refractivity contribution in [3.05, 3.63) is 0 Å². The summed E-state index contributed by atoms with van der Waals surface area (Å²) in [6, 6.07) is 1.20. The van der Waals surface area contributed by atoms with Gasteiger partial charge in [-0.05, 0) is 38.8 Å². The lowest BCUT2D eigenvalue weighted by Crippen LogP contribution is -2.46. The van der Waals surface area contributed by atoms with Gasteiger partial charge in [-0.1, -0.05) is 0 Å². The molecule has 2 fully saturated rings. The number of piperidine rings is 1. The molecule has 0 aromatic heterocycles. The van der Waals surface area contributed by atoms with Crippen molar-refractivity contribution in [1.29, 1.82) is 0 Å². The number of primary sulfonamides is 1. The number of rotatable bonds is 4. The lowest BCUT2D eigenvalue weighted by atomic mass is 9.98. The zero-order valence-corrected chi connectivity index (χ0v) is 10.4. The number of nitrogens with one attached hydrogen (secondary N) is 1. The molecule has 2 heterocycles. The zero-order chi connectivity index (χ0) is 11.6. The van der Waals surface area contributed by atoms with E-state index in [0.717, 1.165) is 25.4 Å². The van der Waals surface area contributed by atoms with Crippen LogP contribution in [-0.4, -0.2) is 50.8 Å². The number of nitrogens with two attached hydrogens (primary N) is 1. The lowest BCUT2D eigenvalue weighted by molar-refractivity contribution is 0.168. The van der Waals surface area contributed by atoms with E-state index < -0.39 is 10.0 Å². The maximum atomic E-state index is 10.8. The lowest BCUT2D eigenvalue weighted by Gasteiger charge is -2.35. The van der Waals surface area contributed by atoms with Crippen molar-refractivity contribution in [3.8, 4) is 0 Å². The topological polar surface area (TPSA) is 75.4 Å². The van der Waals surface area contributed by atoms with Gasteiger partial charge in [-0.2, -0.15) is 0 Å². The molecule has 0 aromatic rings. The average Bonchev–Trinajstić information content (AvgIpc) is 2.62. The number of fused-ring (bicyclic) bond motifs is 1. The number of nitrogens with zero attached hydrogens (tertiary/aromatic N) is 1. The third-order valence-electron chi connectivity index (χ3n) is 3.64. The Labute approximate surface area is 97.4 Å². The molecule has 16 heavy (non-hydrogen) atoms. The summed E-state index contributed by atoms with van der Waals surface area (Å²) in [5.41, 5.74) is 0. The van der Waals surface area contributed by atoms with Gasteiger partial charge in [0.05, 0.1) is 5.75 Å². The molecule has 5 nitrogen and oxygen atoms in total. The van der Waals surface area contributed by atoms with Crippen LogP contribution in [0.15, 0.2) is 0 Å². The van der Waals surface area contributed by atoms with Crippen LogP contribution in [0.2, 0.25) is 0 Å². The minimum Gasteiger partial charge on any atom is -0.313 e. The quantitative estimate of drug-likeness (QED) is 0.702. The molecule has 0 amide bonds.